The number of carbonyl (C=O) groups is 1. The van der Waals surface area contributed by atoms with Crippen LogP contribution >= 0.6 is 0 Å². The largest absolute Gasteiger partial charge is 0.378 e. The molecular weight excluding hydrogens is 366 g/mol. The standard InChI is InChI=1S/C20H22F2N4O2/c21-16-2-3-17(22)14(10-16)11-23-19(27)13-1-4-18-15(9-13)12-24-20(25-18)26-5-7-28-8-6-26/h2-3,10,12-13H,1,4-9,11H2,(H,23,27)/t13-/m1/s1. The van der Waals surface area contributed by atoms with Crippen molar-refractivity contribution in [3.05, 3.63) is 52.9 Å². The predicted octanol–water partition coefficient (Wildman–Crippen LogP) is 2.01. The molecule has 0 saturated carbocycles. The highest BCUT2D eigenvalue weighted by atomic mass is 19.1. The number of aryl methyl sites for hydroxylation is 1. The number of nitrogens with zero attached hydrogens (tertiary/aromatic N) is 3. The summed E-state index contributed by atoms with van der Waals surface area (Å²) in [6.07, 6.45) is 3.72. The first-order chi connectivity index (χ1) is 13.6. The van der Waals surface area contributed by atoms with Gasteiger partial charge in [0, 0.05) is 43.0 Å². The minimum atomic E-state index is -0.528. The Morgan fingerprint density at radius 2 is 2.11 bits per heavy atom. The van der Waals surface area contributed by atoms with E-state index < -0.39 is 11.6 Å². The number of morpholine rings is 1. The van der Waals surface area contributed by atoms with Gasteiger partial charge in [0.1, 0.15) is 11.6 Å². The highest BCUT2D eigenvalue weighted by Crippen LogP contribution is 2.26. The van der Waals surface area contributed by atoms with Gasteiger partial charge in [0.2, 0.25) is 11.9 Å². The molecule has 0 spiro atoms. The molecule has 2 aliphatic rings. The highest BCUT2D eigenvalue weighted by molar-refractivity contribution is 5.79. The molecule has 2 aromatic rings. The van der Waals surface area contributed by atoms with E-state index in [1.807, 2.05) is 0 Å². The Morgan fingerprint density at radius 3 is 2.93 bits per heavy atom. The molecule has 1 N–H and O–H groups in total. The van der Waals surface area contributed by atoms with Crippen molar-refractivity contribution in [1.82, 2.24) is 15.3 Å². The maximum Gasteiger partial charge on any atom is 0.225 e. The third kappa shape index (κ3) is 4.11. The Balaban J connectivity index is 1.38. The highest BCUT2D eigenvalue weighted by Gasteiger charge is 2.27. The van der Waals surface area contributed by atoms with Gasteiger partial charge in [0.15, 0.2) is 0 Å². The molecule has 1 aromatic carbocycles. The summed E-state index contributed by atoms with van der Waals surface area (Å²) in [6.45, 7) is 2.88. The Hall–Kier alpha value is -2.61. The maximum absolute atomic E-state index is 13.7. The van der Waals surface area contributed by atoms with E-state index in [4.69, 9.17) is 4.74 Å². The Bertz CT molecular complexity index is 871. The van der Waals surface area contributed by atoms with Crippen molar-refractivity contribution in [2.24, 2.45) is 5.92 Å². The topological polar surface area (TPSA) is 67.4 Å². The summed E-state index contributed by atoms with van der Waals surface area (Å²) >= 11 is 0. The van der Waals surface area contributed by atoms with Crippen LogP contribution in [0.1, 0.15) is 23.2 Å². The van der Waals surface area contributed by atoms with Gasteiger partial charge in [-0.1, -0.05) is 0 Å². The average molecular weight is 388 g/mol. The second kappa shape index (κ2) is 8.18. The summed E-state index contributed by atoms with van der Waals surface area (Å²) in [6, 6.07) is 3.23. The molecule has 2 heterocycles. The predicted molar refractivity (Wildman–Crippen MR) is 98.8 cm³/mol. The van der Waals surface area contributed by atoms with Crippen molar-refractivity contribution in [2.75, 3.05) is 31.2 Å². The summed E-state index contributed by atoms with van der Waals surface area (Å²) in [5.41, 5.74) is 2.10. The van der Waals surface area contributed by atoms with E-state index in [1.54, 1.807) is 6.20 Å². The molecule has 6 nitrogen and oxygen atoms in total. The van der Waals surface area contributed by atoms with Crippen molar-refractivity contribution < 1.29 is 18.3 Å². The number of ether oxygens (including phenoxy) is 1. The van der Waals surface area contributed by atoms with Crippen LogP contribution in [0.5, 0.6) is 0 Å². The lowest BCUT2D eigenvalue weighted by Gasteiger charge is -2.28. The van der Waals surface area contributed by atoms with Gasteiger partial charge < -0.3 is 15.0 Å². The third-order valence-electron chi connectivity index (χ3n) is 5.26. The van der Waals surface area contributed by atoms with Gasteiger partial charge in [-0.15, -0.1) is 0 Å². The Morgan fingerprint density at radius 1 is 1.29 bits per heavy atom. The van der Waals surface area contributed by atoms with Crippen molar-refractivity contribution >= 4 is 11.9 Å². The van der Waals surface area contributed by atoms with Crippen LogP contribution in [0.2, 0.25) is 0 Å². The third-order valence-corrected chi connectivity index (χ3v) is 5.26. The summed E-state index contributed by atoms with van der Waals surface area (Å²) in [5.74, 6) is -0.717. The number of halogens is 2. The minimum Gasteiger partial charge on any atom is -0.378 e. The van der Waals surface area contributed by atoms with E-state index in [0.717, 1.165) is 42.5 Å². The molecule has 1 fully saturated rings. The van der Waals surface area contributed by atoms with Crippen LogP contribution in [0.25, 0.3) is 0 Å². The number of anilines is 1. The van der Waals surface area contributed by atoms with Gasteiger partial charge in [-0.05, 0) is 43.0 Å². The minimum absolute atomic E-state index is 0.0295. The van der Waals surface area contributed by atoms with E-state index >= 15 is 0 Å². The Kier molecular flexibility index (Phi) is 5.47. The number of fused-ring (bicyclic) bond motifs is 1. The van der Waals surface area contributed by atoms with Crippen LogP contribution in [0, 0.1) is 17.6 Å². The molecule has 148 valence electrons. The van der Waals surface area contributed by atoms with E-state index in [2.05, 4.69) is 20.2 Å². The molecule has 1 aliphatic heterocycles. The fraction of sp³-hybridized carbons (Fsp3) is 0.450. The molecule has 4 rings (SSSR count). The summed E-state index contributed by atoms with van der Waals surface area (Å²) < 4.78 is 32.3. The molecule has 8 heteroatoms. The van der Waals surface area contributed by atoms with Crippen LogP contribution in [0.3, 0.4) is 0 Å². The van der Waals surface area contributed by atoms with E-state index in [1.165, 1.54) is 0 Å². The average Bonchev–Trinajstić information content (AvgIpc) is 2.74. The van der Waals surface area contributed by atoms with Crippen molar-refractivity contribution in [1.29, 1.82) is 0 Å². The molecular formula is C20H22F2N4O2. The molecule has 0 radical (unpaired) electrons. The van der Waals surface area contributed by atoms with Gasteiger partial charge >= 0.3 is 0 Å². The second-order valence-electron chi connectivity index (χ2n) is 7.13. The van der Waals surface area contributed by atoms with Crippen molar-refractivity contribution in [2.45, 2.75) is 25.8 Å². The number of aromatic nitrogens is 2. The lowest BCUT2D eigenvalue weighted by atomic mass is 9.86. The van der Waals surface area contributed by atoms with Crippen LogP contribution in [0.15, 0.2) is 24.4 Å². The molecule has 1 amide bonds. The van der Waals surface area contributed by atoms with E-state index in [0.29, 0.717) is 38.4 Å². The number of nitrogens with one attached hydrogen (secondary N) is 1. The maximum atomic E-state index is 13.7. The quantitative estimate of drug-likeness (QED) is 0.868. The van der Waals surface area contributed by atoms with Crippen molar-refractivity contribution in [3.63, 3.8) is 0 Å². The normalized spacial score (nSPS) is 19.2. The van der Waals surface area contributed by atoms with E-state index in [-0.39, 0.29) is 23.9 Å². The first kappa shape index (κ1) is 18.7. The van der Waals surface area contributed by atoms with Crippen molar-refractivity contribution in [3.8, 4) is 0 Å². The smallest absolute Gasteiger partial charge is 0.225 e. The number of hydrogen-bond donors (Lipinski definition) is 1. The molecule has 1 atom stereocenters. The molecule has 1 aliphatic carbocycles. The number of benzene rings is 1. The zero-order valence-electron chi connectivity index (χ0n) is 15.5. The van der Waals surface area contributed by atoms with E-state index in [9.17, 15) is 13.6 Å². The summed E-state index contributed by atoms with van der Waals surface area (Å²) in [4.78, 5) is 23.8. The Labute approximate surface area is 161 Å². The van der Waals surface area contributed by atoms with Crippen LogP contribution in [-0.4, -0.2) is 42.2 Å². The number of rotatable bonds is 4. The van der Waals surface area contributed by atoms with Crippen LogP contribution < -0.4 is 10.2 Å². The summed E-state index contributed by atoms with van der Waals surface area (Å²) in [5, 5.41) is 2.72. The first-order valence-corrected chi connectivity index (χ1v) is 9.49. The number of carbonyl (C=O) groups excluding carboxylic acids is 1. The van der Waals surface area contributed by atoms with Gasteiger partial charge in [-0.2, -0.15) is 0 Å². The monoisotopic (exact) mass is 388 g/mol. The first-order valence-electron chi connectivity index (χ1n) is 9.49. The van der Waals surface area contributed by atoms with Gasteiger partial charge in [-0.25, -0.2) is 18.7 Å². The van der Waals surface area contributed by atoms with Gasteiger partial charge in [-0.3, -0.25) is 4.79 Å². The number of hydrogen-bond acceptors (Lipinski definition) is 5. The fourth-order valence-electron chi connectivity index (χ4n) is 3.64. The van der Waals surface area contributed by atoms with Crippen LogP contribution in [0.4, 0.5) is 14.7 Å². The van der Waals surface area contributed by atoms with Crippen LogP contribution in [-0.2, 0) is 28.9 Å². The molecule has 1 aromatic heterocycles. The zero-order valence-corrected chi connectivity index (χ0v) is 15.5. The molecule has 0 bridgehead atoms. The van der Waals surface area contributed by atoms with Gasteiger partial charge in [0.25, 0.3) is 0 Å². The fourth-order valence-corrected chi connectivity index (χ4v) is 3.64. The SMILES string of the molecule is O=C(NCc1cc(F)ccc1F)[C@@H]1CCc2nc(N3CCOCC3)ncc2C1. The van der Waals surface area contributed by atoms with Gasteiger partial charge in [0.05, 0.1) is 13.2 Å². The second-order valence-corrected chi connectivity index (χ2v) is 7.13. The molecule has 0 unspecified atom stereocenters. The molecule has 28 heavy (non-hydrogen) atoms. The summed E-state index contributed by atoms with van der Waals surface area (Å²) in [7, 11) is 0. The molecule has 1 saturated heterocycles. The lowest BCUT2D eigenvalue weighted by Crippen LogP contribution is -2.38. The zero-order chi connectivity index (χ0) is 19.5. The number of amides is 1. The lowest BCUT2D eigenvalue weighted by molar-refractivity contribution is -0.125.